The van der Waals surface area contributed by atoms with Crippen molar-refractivity contribution in [2.45, 2.75) is 19.8 Å². The van der Waals surface area contributed by atoms with Crippen molar-refractivity contribution in [3.63, 3.8) is 0 Å². The van der Waals surface area contributed by atoms with Crippen molar-refractivity contribution >= 4 is 40.3 Å². The van der Waals surface area contributed by atoms with E-state index in [2.05, 4.69) is 35.0 Å². The predicted molar refractivity (Wildman–Crippen MR) is 115 cm³/mol. The molecule has 4 nitrogen and oxygen atoms in total. The topological polar surface area (TPSA) is 35.9 Å². The highest BCUT2D eigenvalue weighted by Crippen LogP contribution is 2.34. The van der Waals surface area contributed by atoms with Crippen LogP contribution in [0.4, 0.5) is 11.4 Å². The summed E-state index contributed by atoms with van der Waals surface area (Å²) in [4.78, 5) is 22.0. The maximum absolute atomic E-state index is 12.6. The Balaban J connectivity index is 1.58. The fourth-order valence-corrected chi connectivity index (χ4v) is 4.38. The molecule has 0 spiro atoms. The second-order valence-electron chi connectivity index (χ2n) is 6.94. The van der Waals surface area contributed by atoms with Crippen LogP contribution in [0.1, 0.15) is 24.0 Å². The van der Waals surface area contributed by atoms with Crippen molar-refractivity contribution in [1.82, 2.24) is 4.90 Å². The van der Waals surface area contributed by atoms with Crippen LogP contribution in [-0.2, 0) is 4.79 Å². The molecule has 0 aromatic heterocycles. The molecular weight excluding hydrogens is 354 g/mol. The summed E-state index contributed by atoms with van der Waals surface area (Å²) in [6.07, 6.45) is 4.53. The first-order chi connectivity index (χ1) is 13.1. The highest BCUT2D eigenvalue weighted by Gasteiger charge is 2.30. The number of aliphatic imine (C=N–C) groups is 1. The van der Waals surface area contributed by atoms with Gasteiger partial charge in [0.15, 0.2) is 5.17 Å². The Morgan fingerprint density at radius 3 is 2.52 bits per heavy atom. The molecule has 138 valence electrons. The Labute approximate surface area is 164 Å². The highest BCUT2D eigenvalue weighted by atomic mass is 32.2. The molecule has 2 aromatic rings. The maximum atomic E-state index is 12.6. The molecule has 0 atom stereocenters. The first kappa shape index (κ1) is 17.9. The lowest BCUT2D eigenvalue weighted by molar-refractivity contribution is -0.121. The minimum atomic E-state index is -0.00213. The Morgan fingerprint density at radius 1 is 1.07 bits per heavy atom. The number of thioether (sulfide) groups is 1. The fraction of sp³-hybridized carbons (Fsp3) is 0.273. The zero-order valence-electron chi connectivity index (χ0n) is 15.7. The third-order valence-electron chi connectivity index (χ3n) is 5.00. The highest BCUT2D eigenvalue weighted by molar-refractivity contribution is 8.18. The van der Waals surface area contributed by atoms with E-state index in [-0.39, 0.29) is 5.91 Å². The van der Waals surface area contributed by atoms with Crippen molar-refractivity contribution in [3.05, 3.63) is 64.6 Å². The van der Waals surface area contributed by atoms with Crippen LogP contribution >= 0.6 is 11.8 Å². The number of anilines is 1. The van der Waals surface area contributed by atoms with Gasteiger partial charge in [0.05, 0.1) is 10.6 Å². The maximum Gasteiger partial charge on any atom is 0.266 e. The van der Waals surface area contributed by atoms with Crippen LogP contribution in [0.15, 0.2) is 58.4 Å². The lowest BCUT2D eigenvalue weighted by atomic mass is 10.1. The molecule has 2 heterocycles. The van der Waals surface area contributed by atoms with Gasteiger partial charge in [-0.1, -0.05) is 24.3 Å². The largest absolute Gasteiger partial charge is 0.372 e. The number of para-hydroxylation sites is 1. The minimum Gasteiger partial charge on any atom is -0.372 e. The Kier molecular flexibility index (Phi) is 5.03. The summed E-state index contributed by atoms with van der Waals surface area (Å²) in [6.45, 7) is 4.38. The van der Waals surface area contributed by atoms with Gasteiger partial charge in [-0.15, -0.1) is 0 Å². The van der Waals surface area contributed by atoms with Gasteiger partial charge in [-0.2, -0.15) is 0 Å². The molecule has 2 aromatic carbocycles. The molecule has 0 saturated carbocycles. The number of hydrogen-bond donors (Lipinski definition) is 0. The van der Waals surface area contributed by atoms with Crippen LogP contribution in [0.2, 0.25) is 0 Å². The normalized spacial score (nSPS) is 20.3. The smallest absolute Gasteiger partial charge is 0.266 e. The molecule has 0 unspecified atom stereocenters. The summed E-state index contributed by atoms with van der Waals surface area (Å²) in [7, 11) is 1.78. The van der Waals surface area contributed by atoms with Gasteiger partial charge < -0.3 is 4.90 Å². The van der Waals surface area contributed by atoms with Crippen molar-refractivity contribution < 1.29 is 4.79 Å². The standard InChI is InChI=1S/C22H23N3OS/c1-16-14-19(25-12-6-7-13-25)11-10-17(16)15-20-21(26)24(2)22(27-20)23-18-8-4-3-5-9-18/h3-5,8-11,14-15H,6-7,12-13H2,1-2H3/b20-15+,23-22?. The van der Waals surface area contributed by atoms with E-state index >= 15 is 0 Å². The molecule has 27 heavy (non-hydrogen) atoms. The van der Waals surface area contributed by atoms with Crippen LogP contribution in [0, 0.1) is 6.92 Å². The third-order valence-corrected chi connectivity index (χ3v) is 6.06. The number of benzene rings is 2. The number of nitrogens with zero attached hydrogens (tertiary/aromatic N) is 3. The Bertz CT molecular complexity index is 914. The lowest BCUT2D eigenvalue weighted by Gasteiger charge is -2.18. The van der Waals surface area contributed by atoms with E-state index in [9.17, 15) is 4.79 Å². The minimum absolute atomic E-state index is 0.00213. The Hall–Kier alpha value is -2.53. The van der Waals surface area contributed by atoms with Gasteiger partial charge in [0.1, 0.15) is 0 Å². The molecular formula is C22H23N3OS. The summed E-state index contributed by atoms with van der Waals surface area (Å²) >= 11 is 1.43. The number of rotatable bonds is 3. The molecule has 4 rings (SSSR count). The Morgan fingerprint density at radius 2 is 1.81 bits per heavy atom. The van der Waals surface area contributed by atoms with E-state index in [0.29, 0.717) is 10.1 Å². The molecule has 0 aliphatic carbocycles. The van der Waals surface area contributed by atoms with Crippen molar-refractivity contribution in [3.8, 4) is 0 Å². The molecule has 2 aliphatic heterocycles. The quantitative estimate of drug-likeness (QED) is 0.719. The molecule has 2 aliphatic rings. The zero-order chi connectivity index (χ0) is 18.8. The molecule has 5 heteroatoms. The average molecular weight is 378 g/mol. The van der Waals surface area contributed by atoms with E-state index in [1.807, 2.05) is 36.4 Å². The van der Waals surface area contributed by atoms with Crippen molar-refractivity contribution in [2.75, 3.05) is 25.0 Å². The first-order valence-corrected chi connectivity index (χ1v) is 10.1. The van der Waals surface area contributed by atoms with Crippen LogP contribution in [0.25, 0.3) is 6.08 Å². The summed E-state index contributed by atoms with van der Waals surface area (Å²) in [5.74, 6) is -0.00213. The van der Waals surface area contributed by atoms with Gasteiger partial charge in [0.25, 0.3) is 5.91 Å². The molecule has 0 radical (unpaired) electrons. The number of carbonyl (C=O) groups excluding carboxylic acids is 1. The van der Waals surface area contributed by atoms with Crippen LogP contribution < -0.4 is 4.90 Å². The molecule has 2 saturated heterocycles. The van der Waals surface area contributed by atoms with Crippen LogP contribution in [-0.4, -0.2) is 36.1 Å². The average Bonchev–Trinajstić information content (AvgIpc) is 3.30. The van der Waals surface area contributed by atoms with Crippen LogP contribution in [0.5, 0.6) is 0 Å². The van der Waals surface area contributed by atoms with Crippen molar-refractivity contribution in [2.24, 2.45) is 4.99 Å². The van der Waals surface area contributed by atoms with Gasteiger partial charge in [0, 0.05) is 25.8 Å². The van der Waals surface area contributed by atoms with E-state index in [1.165, 1.54) is 35.9 Å². The van der Waals surface area contributed by atoms with Crippen LogP contribution in [0.3, 0.4) is 0 Å². The van der Waals surface area contributed by atoms with Gasteiger partial charge in [-0.05, 0) is 73.0 Å². The molecule has 0 N–H and O–H groups in total. The van der Waals surface area contributed by atoms with E-state index in [4.69, 9.17) is 0 Å². The number of likely N-dealkylation sites (N-methyl/N-ethyl adjacent to an activating group) is 1. The molecule has 2 fully saturated rings. The second-order valence-corrected chi connectivity index (χ2v) is 7.95. The molecule has 0 bridgehead atoms. The number of carbonyl (C=O) groups is 1. The lowest BCUT2D eigenvalue weighted by Crippen LogP contribution is -2.23. The van der Waals surface area contributed by atoms with Crippen molar-refractivity contribution in [1.29, 1.82) is 0 Å². The molecule has 1 amide bonds. The van der Waals surface area contributed by atoms with E-state index in [1.54, 1.807) is 11.9 Å². The predicted octanol–water partition coefficient (Wildman–Crippen LogP) is 4.83. The number of amides is 1. The van der Waals surface area contributed by atoms with Gasteiger partial charge in [-0.3, -0.25) is 9.69 Å². The van der Waals surface area contributed by atoms with Gasteiger partial charge in [0.2, 0.25) is 0 Å². The zero-order valence-corrected chi connectivity index (χ0v) is 16.5. The summed E-state index contributed by atoms with van der Waals surface area (Å²) in [6, 6.07) is 16.2. The summed E-state index contributed by atoms with van der Waals surface area (Å²) < 4.78 is 0. The van der Waals surface area contributed by atoms with E-state index < -0.39 is 0 Å². The fourth-order valence-electron chi connectivity index (χ4n) is 3.40. The number of aryl methyl sites for hydroxylation is 1. The monoisotopic (exact) mass is 377 g/mol. The van der Waals surface area contributed by atoms with Gasteiger partial charge >= 0.3 is 0 Å². The SMILES string of the molecule is Cc1cc(N2CCCC2)ccc1/C=C1/SC(=Nc2ccccc2)N(C)C1=O. The first-order valence-electron chi connectivity index (χ1n) is 9.29. The van der Waals surface area contributed by atoms with E-state index in [0.717, 1.165) is 24.3 Å². The van der Waals surface area contributed by atoms with Gasteiger partial charge in [-0.25, -0.2) is 4.99 Å². The second kappa shape index (κ2) is 7.61. The summed E-state index contributed by atoms with van der Waals surface area (Å²) in [5, 5.41) is 0.712. The number of hydrogen-bond acceptors (Lipinski definition) is 4. The number of amidine groups is 1. The summed E-state index contributed by atoms with van der Waals surface area (Å²) in [5.41, 5.74) is 4.41. The third kappa shape index (κ3) is 3.78.